The third-order valence-corrected chi connectivity index (χ3v) is 2.83. The summed E-state index contributed by atoms with van der Waals surface area (Å²) in [7, 11) is 1.68. The number of ether oxygens (including phenoxy) is 1. The molecule has 0 aliphatic carbocycles. The average molecular weight is 210 g/mol. The second-order valence-corrected chi connectivity index (χ2v) is 4.12. The SMILES string of the molecule is COCc1ccc(SCC(C)=O)cc1. The highest BCUT2D eigenvalue weighted by Gasteiger charge is 1.97. The molecule has 0 atom stereocenters. The highest BCUT2D eigenvalue weighted by Crippen LogP contribution is 2.18. The number of hydrogen-bond donors (Lipinski definition) is 0. The molecule has 2 nitrogen and oxygen atoms in total. The van der Waals surface area contributed by atoms with Gasteiger partial charge in [-0.25, -0.2) is 0 Å². The molecule has 0 amide bonds. The van der Waals surface area contributed by atoms with Gasteiger partial charge in [0.2, 0.25) is 0 Å². The zero-order valence-corrected chi connectivity index (χ0v) is 9.26. The summed E-state index contributed by atoms with van der Waals surface area (Å²) in [5.74, 6) is 0.750. The lowest BCUT2D eigenvalue weighted by atomic mass is 10.2. The number of rotatable bonds is 5. The number of ketones is 1. The Morgan fingerprint density at radius 2 is 2.00 bits per heavy atom. The molecule has 0 saturated carbocycles. The van der Waals surface area contributed by atoms with Crippen LogP contribution in [0.4, 0.5) is 0 Å². The molecule has 0 heterocycles. The average Bonchev–Trinajstić information content (AvgIpc) is 2.17. The highest BCUT2D eigenvalue weighted by atomic mass is 32.2. The van der Waals surface area contributed by atoms with Crippen molar-refractivity contribution >= 4 is 17.5 Å². The van der Waals surface area contributed by atoms with Crippen molar-refractivity contribution in [3.8, 4) is 0 Å². The van der Waals surface area contributed by atoms with E-state index in [1.54, 1.807) is 25.8 Å². The molecular formula is C11H14O2S. The van der Waals surface area contributed by atoms with E-state index in [1.165, 1.54) is 0 Å². The van der Waals surface area contributed by atoms with Gasteiger partial charge in [-0.2, -0.15) is 0 Å². The zero-order chi connectivity index (χ0) is 10.4. The van der Waals surface area contributed by atoms with Crippen molar-refractivity contribution in [2.75, 3.05) is 12.9 Å². The minimum atomic E-state index is 0.205. The quantitative estimate of drug-likeness (QED) is 0.698. The zero-order valence-electron chi connectivity index (χ0n) is 8.45. The van der Waals surface area contributed by atoms with Crippen molar-refractivity contribution in [1.82, 2.24) is 0 Å². The largest absolute Gasteiger partial charge is 0.380 e. The molecule has 0 saturated heterocycles. The topological polar surface area (TPSA) is 26.3 Å². The third-order valence-electron chi connectivity index (χ3n) is 1.68. The van der Waals surface area contributed by atoms with Crippen LogP contribution in [0, 0.1) is 0 Å². The van der Waals surface area contributed by atoms with Gasteiger partial charge in [0.15, 0.2) is 0 Å². The maximum Gasteiger partial charge on any atom is 0.140 e. The van der Waals surface area contributed by atoms with Crippen molar-refractivity contribution < 1.29 is 9.53 Å². The van der Waals surface area contributed by atoms with E-state index in [1.807, 2.05) is 24.3 Å². The van der Waals surface area contributed by atoms with Crippen LogP contribution in [0.1, 0.15) is 12.5 Å². The first kappa shape index (κ1) is 11.3. The molecule has 0 fully saturated rings. The van der Waals surface area contributed by atoms with Gasteiger partial charge < -0.3 is 4.74 Å². The Morgan fingerprint density at radius 3 is 2.50 bits per heavy atom. The first-order valence-corrected chi connectivity index (χ1v) is 5.41. The number of hydrogen-bond acceptors (Lipinski definition) is 3. The normalized spacial score (nSPS) is 10.1. The Labute approximate surface area is 88.7 Å². The molecule has 0 aromatic heterocycles. The van der Waals surface area contributed by atoms with Crippen LogP contribution in [0.2, 0.25) is 0 Å². The summed E-state index contributed by atoms with van der Waals surface area (Å²) < 4.78 is 5.01. The summed E-state index contributed by atoms with van der Waals surface area (Å²) in [6, 6.07) is 8.07. The Kier molecular flexibility index (Phi) is 4.70. The van der Waals surface area contributed by atoms with Crippen molar-refractivity contribution in [3.63, 3.8) is 0 Å². The Bertz CT molecular complexity index is 293. The molecule has 76 valence electrons. The van der Waals surface area contributed by atoms with Crippen molar-refractivity contribution in [1.29, 1.82) is 0 Å². The van der Waals surface area contributed by atoms with Crippen LogP contribution in [0.25, 0.3) is 0 Å². The van der Waals surface area contributed by atoms with Crippen LogP contribution in [-0.4, -0.2) is 18.6 Å². The summed E-state index contributed by atoms with van der Waals surface area (Å²) in [5, 5.41) is 0. The van der Waals surface area contributed by atoms with Gasteiger partial charge >= 0.3 is 0 Å². The van der Waals surface area contributed by atoms with Gasteiger partial charge in [-0.15, -0.1) is 11.8 Å². The van der Waals surface area contributed by atoms with Crippen LogP contribution >= 0.6 is 11.8 Å². The molecular weight excluding hydrogens is 196 g/mol. The van der Waals surface area contributed by atoms with Gasteiger partial charge in [0.25, 0.3) is 0 Å². The molecule has 0 aliphatic heterocycles. The van der Waals surface area contributed by atoms with Gasteiger partial charge in [-0.05, 0) is 24.6 Å². The minimum Gasteiger partial charge on any atom is -0.380 e. The van der Waals surface area contributed by atoms with Crippen molar-refractivity contribution in [2.24, 2.45) is 0 Å². The van der Waals surface area contributed by atoms with Gasteiger partial charge in [-0.1, -0.05) is 12.1 Å². The molecule has 0 unspecified atom stereocenters. The van der Waals surface area contributed by atoms with Crippen LogP contribution in [0.5, 0.6) is 0 Å². The maximum atomic E-state index is 10.7. The number of carbonyl (C=O) groups is 1. The number of methoxy groups -OCH3 is 1. The molecule has 0 N–H and O–H groups in total. The summed E-state index contributed by atoms with van der Waals surface area (Å²) in [6.45, 7) is 2.24. The lowest BCUT2D eigenvalue weighted by Gasteiger charge is -2.01. The van der Waals surface area contributed by atoms with E-state index in [0.717, 1.165) is 10.5 Å². The monoisotopic (exact) mass is 210 g/mol. The smallest absolute Gasteiger partial charge is 0.140 e. The first-order chi connectivity index (χ1) is 6.72. The summed E-state index contributed by atoms with van der Waals surface area (Å²) in [4.78, 5) is 11.9. The first-order valence-electron chi connectivity index (χ1n) is 4.42. The number of thioether (sulfide) groups is 1. The molecule has 1 rings (SSSR count). The molecule has 1 aromatic carbocycles. The Balaban J connectivity index is 2.50. The highest BCUT2D eigenvalue weighted by molar-refractivity contribution is 8.00. The van der Waals surface area contributed by atoms with Gasteiger partial charge in [0, 0.05) is 12.0 Å². The van der Waals surface area contributed by atoms with Crippen molar-refractivity contribution in [3.05, 3.63) is 29.8 Å². The minimum absolute atomic E-state index is 0.205. The molecule has 1 aromatic rings. The number of Topliss-reactive ketones (excluding diaryl/α,β-unsaturated/α-hetero) is 1. The van der Waals surface area contributed by atoms with Crippen molar-refractivity contribution in [2.45, 2.75) is 18.4 Å². The molecule has 0 bridgehead atoms. The molecule has 0 radical (unpaired) electrons. The molecule has 0 spiro atoms. The second kappa shape index (κ2) is 5.83. The van der Waals surface area contributed by atoms with Crippen LogP contribution in [0.15, 0.2) is 29.2 Å². The van der Waals surface area contributed by atoms with E-state index in [0.29, 0.717) is 12.4 Å². The van der Waals surface area contributed by atoms with E-state index in [9.17, 15) is 4.79 Å². The fourth-order valence-electron chi connectivity index (χ4n) is 1.03. The van der Waals surface area contributed by atoms with E-state index >= 15 is 0 Å². The molecule has 3 heteroatoms. The Morgan fingerprint density at radius 1 is 1.36 bits per heavy atom. The van der Waals surface area contributed by atoms with E-state index < -0.39 is 0 Å². The van der Waals surface area contributed by atoms with Crippen LogP contribution in [-0.2, 0) is 16.1 Å². The van der Waals surface area contributed by atoms with Gasteiger partial charge in [0.1, 0.15) is 5.78 Å². The lowest BCUT2D eigenvalue weighted by molar-refractivity contribution is -0.114. The molecule has 0 aliphatic rings. The predicted octanol–water partition coefficient (Wildman–Crippen LogP) is 2.51. The third kappa shape index (κ3) is 3.94. The van der Waals surface area contributed by atoms with Gasteiger partial charge in [0.05, 0.1) is 12.4 Å². The van der Waals surface area contributed by atoms with E-state index in [2.05, 4.69) is 0 Å². The number of carbonyl (C=O) groups excluding carboxylic acids is 1. The van der Waals surface area contributed by atoms with Crippen LogP contribution in [0.3, 0.4) is 0 Å². The fourth-order valence-corrected chi connectivity index (χ4v) is 1.73. The number of benzene rings is 1. The summed E-state index contributed by atoms with van der Waals surface area (Å²) in [5.41, 5.74) is 1.15. The Hall–Kier alpha value is -0.800. The standard InChI is InChI=1S/C11H14O2S/c1-9(12)8-14-11-5-3-10(4-6-11)7-13-2/h3-6H,7-8H2,1-2H3. The second-order valence-electron chi connectivity index (χ2n) is 3.07. The van der Waals surface area contributed by atoms with Crippen LogP contribution < -0.4 is 0 Å². The lowest BCUT2D eigenvalue weighted by Crippen LogP contribution is -1.93. The van der Waals surface area contributed by atoms with Gasteiger partial charge in [-0.3, -0.25) is 4.79 Å². The molecule has 14 heavy (non-hydrogen) atoms. The predicted molar refractivity (Wildman–Crippen MR) is 58.6 cm³/mol. The van der Waals surface area contributed by atoms with E-state index in [-0.39, 0.29) is 5.78 Å². The van der Waals surface area contributed by atoms with E-state index in [4.69, 9.17) is 4.74 Å². The summed E-state index contributed by atoms with van der Waals surface area (Å²) >= 11 is 1.56. The fraction of sp³-hybridized carbons (Fsp3) is 0.364. The maximum absolute atomic E-state index is 10.7. The summed E-state index contributed by atoms with van der Waals surface area (Å²) in [6.07, 6.45) is 0.